The minimum Gasteiger partial charge on any atom is -0.505 e. The number of hydrogen-bond donors (Lipinski definition) is 2. The summed E-state index contributed by atoms with van der Waals surface area (Å²) in [5, 5.41) is 12.8. The van der Waals surface area contributed by atoms with E-state index in [1.165, 1.54) is 19.4 Å². The fourth-order valence-electron chi connectivity index (χ4n) is 1.68. The van der Waals surface area contributed by atoms with Gasteiger partial charge in [0, 0.05) is 17.3 Å². The van der Waals surface area contributed by atoms with Crippen LogP contribution in [0.5, 0.6) is 11.5 Å². The Labute approximate surface area is 121 Å². The van der Waals surface area contributed by atoms with E-state index >= 15 is 0 Å². The number of pyridine rings is 1. The van der Waals surface area contributed by atoms with Gasteiger partial charge in [0.15, 0.2) is 5.69 Å². The summed E-state index contributed by atoms with van der Waals surface area (Å²) in [7, 11) is 1.48. The SMILES string of the molecule is COc1cc(Cl)c(C)cc1NC(=O)c1ncccc1O. The molecule has 1 amide bonds. The molecule has 2 aromatic rings. The first-order valence-electron chi connectivity index (χ1n) is 5.82. The molecule has 0 aliphatic carbocycles. The zero-order chi connectivity index (χ0) is 14.7. The van der Waals surface area contributed by atoms with E-state index in [-0.39, 0.29) is 11.4 Å². The van der Waals surface area contributed by atoms with Crippen molar-refractivity contribution in [2.75, 3.05) is 12.4 Å². The van der Waals surface area contributed by atoms with Gasteiger partial charge in [-0.15, -0.1) is 0 Å². The van der Waals surface area contributed by atoms with Crippen molar-refractivity contribution in [2.45, 2.75) is 6.92 Å². The van der Waals surface area contributed by atoms with Gasteiger partial charge in [-0.1, -0.05) is 11.6 Å². The summed E-state index contributed by atoms with van der Waals surface area (Å²) in [6.07, 6.45) is 1.43. The Bertz CT molecular complexity index is 659. The van der Waals surface area contributed by atoms with Crippen LogP contribution in [0.2, 0.25) is 5.02 Å². The molecule has 0 fully saturated rings. The Balaban J connectivity index is 2.33. The number of carbonyl (C=O) groups excluding carboxylic acids is 1. The number of carbonyl (C=O) groups is 1. The molecule has 0 aliphatic heterocycles. The molecule has 2 N–H and O–H groups in total. The minimum atomic E-state index is -0.525. The van der Waals surface area contributed by atoms with Gasteiger partial charge in [-0.05, 0) is 30.7 Å². The highest BCUT2D eigenvalue weighted by Gasteiger charge is 2.15. The average molecular weight is 293 g/mol. The molecular weight excluding hydrogens is 280 g/mol. The third-order valence-electron chi connectivity index (χ3n) is 2.73. The smallest absolute Gasteiger partial charge is 0.278 e. The number of rotatable bonds is 3. The van der Waals surface area contributed by atoms with Gasteiger partial charge in [-0.25, -0.2) is 4.98 Å². The van der Waals surface area contributed by atoms with E-state index in [2.05, 4.69) is 10.3 Å². The minimum absolute atomic E-state index is 0.0536. The van der Waals surface area contributed by atoms with E-state index in [1.54, 1.807) is 18.2 Å². The molecule has 0 radical (unpaired) electrons. The number of aromatic hydroxyl groups is 1. The molecular formula is C14H13ClN2O3. The van der Waals surface area contributed by atoms with Gasteiger partial charge in [0.2, 0.25) is 0 Å². The van der Waals surface area contributed by atoms with Crippen molar-refractivity contribution < 1.29 is 14.6 Å². The number of anilines is 1. The van der Waals surface area contributed by atoms with E-state index in [1.807, 2.05) is 6.92 Å². The highest BCUT2D eigenvalue weighted by molar-refractivity contribution is 6.31. The summed E-state index contributed by atoms with van der Waals surface area (Å²) >= 11 is 6.00. The number of ether oxygens (including phenoxy) is 1. The fraction of sp³-hybridized carbons (Fsp3) is 0.143. The van der Waals surface area contributed by atoms with E-state index < -0.39 is 5.91 Å². The van der Waals surface area contributed by atoms with Gasteiger partial charge in [0.05, 0.1) is 12.8 Å². The molecule has 6 heteroatoms. The largest absolute Gasteiger partial charge is 0.505 e. The second-order valence-electron chi connectivity index (χ2n) is 4.13. The van der Waals surface area contributed by atoms with Crippen molar-refractivity contribution in [1.82, 2.24) is 4.98 Å². The Kier molecular flexibility index (Phi) is 4.10. The highest BCUT2D eigenvalue weighted by atomic mass is 35.5. The van der Waals surface area contributed by atoms with Crippen molar-refractivity contribution in [3.63, 3.8) is 0 Å². The molecule has 2 rings (SSSR count). The third-order valence-corrected chi connectivity index (χ3v) is 3.14. The predicted octanol–water partition coefficient (Wildman–Crippen LogP) is 3.01. The second kappa shape index (κ2) is 5.79. The lowest BCUT2D eigenvalue weighted by Gasteiger charge is -2.12. The van der Waals surface area contributed by atoms with Gasteiger partial charge in [0.1, 0.15) is 11.5 Å². The number of aryl methyl sites for hydroxylation is 1. The number of hydrogen-bond acceptors (Lipinski definition) is 4. The summed E-state index contributed by atoms with van der Waals surface area (Å²) in [4.78, 5) is 15.9. The maximum Gasteiger partial charge on any atom is 0.278 e. The van der Waals surface area contributed by atoms with Crippen LogP contribution in [0.3, 0.4) is 0 Å². The number of methoxy groups -OCH3 is 1. The quantitative estimate of drug-likeness (QED) is 0.912. The number of aromatic nitrogens is 1. The Morgan fingerprint density at radius 3 is 2.85 bits per heavy atom. The molecule has 0 atom stereocenters. The molecule has 1 aromatic carbocycles. The highest BCUT2D eigenvalue weighted by Crippen LogP contribution is 2.31. The topological polar surface area (TPSA) is 71.5 Å². The first kappa shape index (κ1) is 14.1. The molecule has 0 saturated heterocycles. The van der Waals surface area contributed by atoms with Crippen molar-refractivity contribution in [2.24, 2.45) is 0 Å². The molecule has 1 heterocycles. The Morgan fingerprint density at radius 1 is 1.45 bits per heavy atom. The van der Waals surface area contributed by atoms with E-state index in [0.717, 1.165) is 5.56 Å². The number of benzene rings is 1. The van der Waals surface area contributed by atoms with Crippen LogP contribution in [0.4, 0.5) is 5.69 Å². The van der Waals surface area contributed by atoms with Gasteiger partial charge in [0.25, 0.3) is 5.91 Å². The van der Waals surface area contributed by atoms with Crippen LogP contribution >= 0.6 is 11.6 Å². The standard InChI is InChI=1S/C14H13ClN2O3/c1-8-6-10(12(20-2)7-9(8)15)17-14(19)13-11(18)4-3-5-16-13/h3-7,18H,1-2H3,(H,17,19). The molecule has 5 nitrogen and oxygen atoms in total. The van der Waals surface area contributed by atoms with Crippen molar-refractivity contribution >= 4 is 23.2 Å². The van der Waals surface area contributed by atoms with Gasteiger partial charge in [-0.3, -0.25) is 4.79 Å². The van der Waals surface area contributed by atoms with Crippen LogP contribution in [0.25, 0.3) is 0 Å². The zero-order valence-corrected chi connectivity index (χ0v) is 11.7. The molecule has 0 saturated carbocycles. The lowest BCUT2D eigenvalue weighted by molar-refractivity contribution is 0.101. The zero-order valence-electron chi connectivity index (χ0n) is 11.0. The lowest BCUT2D eigenvalue weighted by atomic mass is 10.2. The summed E-state index contributed by atoms with van der Waals surface area (Å²) in [5.41, 5.74) is 1.21. The summed E-state index contributed by atoms with van der Waals surface area (Å²) in [6.45, 7) is 1.82. The summed E-state index contributed by atoms with van der Waals surface area (Å²) in [5.74, 6) is -0.276. The first-order valence-corrected chi connectivity index (χ1v) is 6.20. The van der Waals surface area contributed by atoms with Crippen molar-refractivity contribution in [3.05, 3.63) is 46.7 Å². The number of halogens is 1. The molecule has 0 spiro atoms. The van der Waals surface area contributed by atoms with Crippen LogP contribution in [0, 0.1) is 6.92 Å². The second-order valence-corrected chi connectivity index (χ2v) is 4.53. The molecule has 1 aromatic heterocycles. The maximum absolute atomic E-state index is 12.1. The van der Waals surface area contributed by atoms with Gasteiger partial charge < -0.3 is 15.2 Å². The Morgan fingerprint density at radius 2 is 2.20 bits per heavy atom. The maximum atomic E-state index is 12.1. The van der Waals surface area contributed by atoms with Crippen LogP contribution in [-0.4, -0.2) is 23.1 Å². The van der Waals surface area contributed by atoms with Crippen molar-refractivity contribution in [1.29, 1.82) is 0 Å². The fourth-order valence-corrected chi connectivity index (χ4v) is 1.84. The monoisotopic (exact) mass is 292 g/mol. The van der Waals surface area contributed by atoms with E-state index in [4.69, 9.17) is 16.3 Å². The van der Waals surface area contributed by atoms with Crippen LogP contribution in [-0.2, 0) is 0 Å². The number of nitrogens with zero attached hydrogens (tertiary/aromatic N) is 1. The Hall–Kier alpha value is -2.27. The molecule has 104 valence electrons. The van der Waals surface area contributed by atoms with Gasteiger partial charge >= 0.3 is 0 Å². The van der Waals surface area contributed by atoms with Crippen molar-refractivity contribution in [3.8, 4) is 11.5 Å². The van der Waals surface area contributed by atoms with Crippen LogP contribution in [0.1, 0.15) is 16.1 Å². The predicted molar refractivity (Wildman–Crippen MR) is 76.6 cm³/mol. The lowest BCUT2D eigenvalue weighted by Crippen LogP contribution is -2.14. The van der Waals surface area contributed by atoms with E-state index in [0.29, 0.717) is 16.5 Å². The number of amides is 1. The van der Waals surface area contributed by atoms with Crippen LogP contribution < -0.4 is 10.1 Å². The van der Waals surface area contributed by atoms with E-state index in [9.17, 15) is 9.90 Å². The molecule has 0 bridgehead atoms. The normalized spacial score (nSPS) is 10.2. The van der Waals surface area contributed by atoms with Gasteiger partial charge in [-0.2, -0.15) is 0 Å². The van der Waals surface area contributed by atoms with Crippen LogP contribution in [0.15, 0.2) is 30.5 Å². The first-order chi connectivity index (χ1) is 9.52. The average Bonchev–Trinajstić information content (AvgIpc) is 2.43. The number of nitrogens with one attached hydrogen (secondary N) is 1. The summed E-state index contributed by atoms with van der Waals surface area (Å²) in [6, 6.07) is 6.25. The molecule has 0 aliphatic rings. The summed E-state index contributed by atoms with van der Waals surface area (Å²) < 4.78 is 5.17. The molecule has 20 heavy (non-hydrogen) atoms. The third kappa shape index (κ3) is 2.83. The molecule has 0 unspecified atom stereocenters.